The average molecular weight is 712 g/mol. The average Bonchev–Trinajstić information content (AvgIpc) is 3.35. The van der Waals surface area contributed by atoms with E-state index in [2.05, 4.69) is 32.1 Å². The molecule has 0 atom stereocenters. The van der Waals surface area contributed by atoms with Crippen molar-refractivity contribution in [1.29, 1.82) is 0 Å². The molecular formula is C34H38F5N3O4S2. The molecule has 0 unspecified atom stereocenters. The molecule has 3 aliphatic rings. The van der Waals surface area contributed by atoms with Crippen LogP contribution in [-0.4, -0.2) is 77.3 Å². The van der Waals surface area contributed by atoms with Crippen LogP contribution in [0.2, 0.25) is 0 Å². The van der Waals surface area contributed by atoms with Gasteiger partial charge in [-0.15, -0.1) is 11.3 Å². The molecule has 1 spiro atoms. The molecule has 1 aromatic heterocycles. The van der Waals surface area contributed by atoms with Crippen LogP contribution in [0.25, 0.3) is 10.1 Å². The maximum atomic E-state index is 13.7. The zero-order valence-corrected chi connectivity index (χ0v) is 28.1. The van der Waals surface area contributed by atoms with Crippen LogP contribution in [0, 0.1) is 17.3 Å². The van der Waals surface area contributed by atoms with E-state index in [1.807, 2.05) is 6.07 Å². The number of benzene rings is 2. The number of rotatable bonds is 9. The summed E-state index contributed by atoms with van der Waals surface area (Å²) in [5, 5.41) is 6.93. The molecule has 0 amide bonds. The summed E-state index contributed by atoms with van der Waals surface area (Å²) in [6.07, 6.45) is 1.76. The molecule has 2 aliphatic heterocycles. The summed E-state index contributed by atoms with van der Waals surface area (Å²) in [5.41, 5.74) is 1.40. The predicted molar refractivity (Wildman–Crippen MR) is 177 cm³/mol. The summed E-state index contributed by atoms with van der Waals surface area (Å²) >= 11 is 1.20. The smallest absolute Gasteiger partial charge is 0.393 e. The first-order valence-electron chi connectivity index (χ1n) is 16.0. The monoisotopic (exact) mass is 711 g/mol. The number of nitrogens with zero attached hydrogens (tertiary/aromatic N) is 1. The zero-order valence-electron chi connectivity index (χ0n) is 26.5. The number of fused-ring (bicyclic) bond motifs is 1. The molecule has 2 aromatic carbocycles. The van der Waals surface area contributed by atoms with Gasteiger partial charge in [0.15, 0.2) is 15.6 Å². The molecule has 6 rings (SSSR count). The van der Waals surface area contributed by atoms with Gasteiger partial charge in [0.1, 0.15) is 0 Å². The summed E-state index contributed by atoms with van der Waals surface area (Å²) < 4.78 is 102. The van der Waals surface area contributed by atoms with E-state index in [1.54, 1.807) is 12.1 Å². The zero-order chi connectivity index (χ0) is 34.1. The molecule has 0 radical (unpaired) electrons. The first-order valence-corrected chi connectivity index (χ1v) is 18.7. The summed E-state index contributed by atoms with van der Waals surface area (Å²) in [6, 6.07) is 9.64. The molecule has 7 nitrogen and oxygen atoms in total. The Hall–Kier alpha value is -3.12. The minimum absolute atomic E-state index is 0.0715. The molecule has 3 aromatic rings. The number of likely N-dealkylation sites (tertiary alicyclic amines) is 1. The predicted octanol–water partition coefficient (Wildman–Crippen LogP) is 7.31. The molecule has 0 bridgehead atoms. The van der Waals surface area contributed by atoms with Crippen molar-refractivity contribution in [2.75, 3.05) is 49.7 Å². The lowest BCUT2D eigenvalue weighted by Crippen LogP contribution is -2.62. The molecule has 14 heteroatoms. The van der Waals surface area contributed by atoms with Crippen molar-refractivity contribution in [1.82, 2.24) is 4.90 Å². The van der Waals surface area contributed by atoms with Crippen molar-refractivity contribution in [2.24, 2.45) is 5.41 Å². The number of alkyl halides is 5. The van der Waals surface area contributed by atoms with Crippen molar-refractivity contribution >= 4 is 42.6 Å². The highest BCUT2D eigenvalue weighted by molar-refractivity contribution is 7.90. The van der Waals surface area contributed by atoms with E-state index in [1.165, 1.54) is 23.5 Å². The van der Waals surface area contributed by atoms with E-state index < -0.39 is 29.0 Å². The number of thiophene rings is 1. The van der Waals surface area contributed by atoms with Crippen molar-refractivity contribution in [3.63, 3.8) is 0 Å². The summed E-state index contributed by atoms with van der Waals surface area (Å²) in [6.45, 7) is 0.702. The first kappa shape index (κ1) is 34.7. The minimum Gasteiger partial charge on any atom is -0.433 e. The van der Waals surface area contributed by atoms with Gasteiger partial charge < -0.3 is 20.1 Å². The quantitative estimate of drug-likeness (QED) is 0.178. The molecule has 48 heavy (non-hydrogen) atoms. The van der Waals surface area contributed by atoms with Crippen LogP contribution in [-0.2, 0) is 21.0 Å². The van der Waals surface area contributed by atoms with E-state index in [0.717, 1.165) is 82.8 Å². The third-order valence-corrected chi connectivity index (χ3v) is 11.9. The number of sulfone groups is 1. The highest BCUT2D eigenvalue weighted by Crippen LogP contribution is 2.44. The number of hydrogen-bond acceptors (Lipinski definition) is 8. The number of nitrogens with one attached hydrogen (secondary N) is 2. The van der Waals surface area contributed by atoms with Crippen LogP contribution in [0.3, 0.4) is 0 Å². The van der Waals surface area contributed by atoms with Gasteiger partial charge in [0.2, 0.25) is 0 Å². The standard InChI is InChI=1S/C34H38F5N3O4S2/c1-48(43,44)24-11-12-27(29(18-24)46-32(35)36)40-15-3-6-30-26(19-34(37,38)39)25-4-2-5-28(31(25)47-30)41-22-7-9-23(10-8-22)42-20-33(21-42)13-16-45-17-14-33/h2,4-5,11-12,18,22-23,32,40-41H,7-10,13-17,19-21H2,1H3. The van der Waals surface area contributed by atoms with Crippen LogP contribution in [0.15, 0.2) is 41.3 Å². The minimum atomic E-state index is -4.45. The molecule has 1 aliphatic carbocycles. The third-order valence-electron chi connectivity index (χ3n) is 9.57. The number of halogens is 5. The Bertz CT molecular complexity index is 1780. The second-order valence-electron chi connectivity index (χ2n) is 13.0. The van der Waals surface area contributed by atoms with Gasteiger partial charge in [-0.3, -0.25) is 4.90 Å². The van der Waals surface area contributed by atoms with E-state index >= 15 is 0 Å². The van der Waals surface area contributed by atoms with Gasteiger partial charge in [0, 0.05) is 56.1 Å². The first-order chi connectivity index (χ1) is 22.8. The molecule has 2 N–H and O–H groups in total. The largest absolute Gasteiger partial charge is 0.433 e. The Morgan fingerprint density at radius 3 is 2.48 bits per heavy atom. The van der Waals surface area contributed by atoms with Crippen LogP contribution in [0.5, 0.6) is 5.75 Å². The molecule has 3 fully saturated rings. The Morgan fingerprint density at radius 2 is 1.81 bits per heavy atom. The number of anilines is 2. The Balaban J connectivity index is 1.15. The van der Waals surface area contributed by atoms with Gasteiger partial charge in [0.05, 0.1) is 38.8 Å². The fraction of sp³-hybridized carbons (Fsp3) is 0.529. The van der Waals surface area contributed by atoms with Gasteiger partial charge in [0.25, 0.3) is 0 Å². The van der Waals surface area contributed by atoms with Crippen LogP contribution < -0.4 is 15.4 Å². The fourth-order valence-electron chi connectivity index (χ4n) is 7.10. The van der Waals surface area contributed by atoms with Gasteiger partial charge in [-0.1, -0.05) is 24.0 Å². The lowest BCUT2D eigenvalue weighted by Gasteiger charge is -2.56. The van der Waals surface area contributed by atoms with Crippen molar-refractivity contribution in [3.8, 4) is 17.6 Å². The second kappa shape index (κ2) is 14.0. The van der Waals surface area contributed by atoms with Crippen LogP contribution in [0.4, 0.5) is 33.3 Å². The topological polar surface area (TPSA) is 79.9 Å². The van der Waals surface area contributed by atoms with E-state index in [-0.39, 0.29) is 39.4 Å². The number of hydrogen-bond donors (Lipinski definition) is 2. The highest BCUT2D eigenvalue weighted by Gasteiger charge is 2.46. The second-order valence-corrected chi connectivity index (χ2v) is 16.1. The lowest BCUT2D eigenvalue weighted by molar-refractivity contribution is -0.127. The van der Waals surface area contributed by atoms with Crippen LogP contribution >= 0.6 is 11.3 Å². The van der Waals surface area contributed by atoms with Gasteiger partial charge in [-0.05, 0) is 67.7 Å². The Morgan fingerprint density at radius 1 is 1.08 bits per heavy atom. The highest BCUT2D eigenvalue weighted by atomic mass is 32.2. The SMILES string of the molecule is CS(=O)(=O)c1ccc(NCC#Cc2sc3c(NC4CCC(N5CC6(CCOCC6)C5)CC4)cccc3c2CC(F)(F)F)c(OC(F)F)c1. The maximum Gasteiger partial charge on any atom is 0.393 e. The number of ether oxygens (including phenoxy) is 2. The Labute approximate surface area is 281 Å². The lowest BCUT2D eigenvalue weighted by atomic mass is 9.71. The molecule has 2 saturated heterocycles. The van der Waals surface area contributed by atoms with Crippen molar-refractivity contribution < 1.29 is 39.8 Å². The molecular weight excluding hydrogens is 674 g/mol. The third kappa shape index (κ3) is 8.18. The molecule has 1 saturated carbocycles. The maximum absolute atomic E-state index is 13.7. The van der Waals surface area contributed by atoms with E-state index in [9.17, 15) is 30.4 Å². The van der Waals surface area contributed by atoms with Crippen molar-refractivity contribution in [3.05, 3.63) is 46.8 Å². The van der Waals surface area contributed by atoms with E-state index in [4.69, 9.17) is 4.74 Å². The van der Waals surface area contributed by atoms with E-state index in [0.29, 0.717) is 21.5 Å². The van der Waals surface area contributed by atoms with Crippen LogP contribution in [0.1, 0.15) is 49.0 Å². The summed E-state index contributed by atoms with van der Waals surface area (Å²) in [4.78, 5) is 2.69. The van der Waals surface area contributed by atoms with Crippen molar-refractivity contribution in [2.45, 2.75) is 74.7 Å². The normalized spacial score (nSPS) is 21.5. The Kier molecular flexibility index (Phi) is 10.1. The van der Waals surface area contributed by atoms with Gasteiger partial charge in [-0.2, -0.15) is 22.0 Å². The summed E-state index contributed by atoms with van der Waals surface area (Å²) in [5.74, 6) is 5.28. The fourth-order valence-corrected chi connectivity index (χ4v) is 8.90. The molecule has 3 heterocycles. The summed E-state index contributed by atoms with van der Waals surface area (Å²) in [7, 11) is -3.68. The van der Waals surface area contributed by atoms with Gasteiger partial charge >= 0.3 is 12.8 Å². The van der Waals surface area contributed by atoms with Gasteiger partial charge in [-0.25, -0.2) is 8.42 Å². The molecule has 260 valence electrons.